The van der Waals surface area contributed by atoms with E-state index in [0.29, 0.717) is 27.6 Å². The number of Topliss-reactive ketones (excluding diaryl/α,β-unsaturated/α-hetero) is 1. The molecule has 1 N–H and O–H groups in total. The van der Waals surface area contributed by atoms with Gasteiger partial charge in [0.25, 0.3) is 11.7 Å². The SMILES string of the molecule is COc1ccc(/C(O)=C2\C(=O)C(=O)N(c3ccc(C)c(Cl)c3)C2c2ccc(C(C)(C)C)cc2)c(C)c1. The van der Waals surface area contributed by atoms with Gasteiger partial charge < -0.3 is 9.84 Å². The summed E-state index contributed by atoms with van der Waals surface area (Å²) in [4.78, 5) is 28.3. The average Bonchev–Trinajstić information content (AvgIpc) is 3.10. The van der Waals surface area contributed by atoms with Crippen molar-refractivity contribution in [1.29, 1.82) is 0 Å². The average molecular weight is 504 g/mol. The van der Waals surface area contributed by atoms with Crippen LogP contribution in [0, 0.1) is 13.8 Å². The van der Waals surface area contributed by atoms with Gasteiger partial charge in [-0.25, -0.2) is 0 Å². The molecule has 4 rings (SSSR count). The number of ether oxygens (including phenoxy) is 1. The van der Waals surface area contributed by atoms with Gasteiger partial charge in [-0.2, -0.15) is 0 Å². The van der Waals surface area contributed by atoms with Crippen LogP contribution >= 0.6 is 11.6 Å². The van der Waals surface area contributed by atoms with Gasteiger partial charge in [-0.3, -0.25) is 14.5 Å². The van der Waals surface area contributed by atoms with Gasteiger partial charge in [-0.15, -0.1) is 0 Å². The minimum absolute atomic E-state index is 0.0356. The van der Waals surface area contributed by atoms with Gasteiger partial charge in [0, 0.05) is 16.3 Å². The molecule has 0 saturated carbocycles. The third-order valence-corrected chi connectivity index (χ3v) is 7.07. The van der Waals surface area contributed by atoms with Gasteiger partial charge in [-0.1, -0.05) is 62.7 Å². The van der Waals surface area contributed by atoms with Crippen LogP contribution in [0.2, 0.25) is 5.02 Å². The van der Waals surface area contributed by atoms with Crippen molar-refractivity contribution < 1.29 is 19.4 Å². The highest BCUT2D eigenvalue weighted by Gasteiger charge is 2.47. The van der Waals surface area contributed by atoms with Crippen LogP contribution in [0.1, 0.15) is 54.6 Å². The lowest BCUT2D eigenvalue weighted by Gasteiger charge is -2.27. The third-order valence-electron chi connectivity index (χ3n) is 6.66. The molecule has 3 aromatic carbocycles. The highest BCUT2D eigenvalue weighted by atomic mass is 35.5. The zero-order valence-corrected chi connectivity index (χ0v) is 22.1. The molecule has 1 aliphatic rings. The fraction of sp³-hybridized carbons (Fsp3) is 0.267. The molecule has 6 heteroatoms. The number of nitrogens with zero attached hydrogens (tertiary/aromatic N) is 1. The Morgan fingerprint density at radius 1 is 0.944 bits per heavy atom. The number of aliphatic hydroxyl groups is 1. The Balaban J connectivity index is 1.95. The van der Waals surface area contributed by atoms with E-state index in [0.717, 1.165) is 16.7 Å². The van der Waals surface area contributed by atoms with E-state index in [1.54, 1.807) is 37.4 Å². The summed E-state index contributed by atoms with van der Waals surface area (Å²) in [6.07, 6.45) is 0. The summed E-state index contributed by atoms with van der Waals surface area (Å²) in [5.41, 5.74) is 4.34. The number of ketones is 1. The summed E-state index contributed by atoms with van der Waals surface area (Å²) in [5.74, 6) is -1.05. The number of benzene rings is 3. The van der Waals surface area contributed by atoms with Crippen LogP contribution in [0.4, 0.5) is 5.69 Å². The van der Waals surface area contributed by atoms with Gasteiger partial charge in [0.1, 0.15) is 11.5 Å². The molecule has 3 aromatic rings. The number of aryl methyl sites for hydroxylation is 2. The molecule has 1 amide bonds. The highest BCUT2D eigenvalue weighted by molar-refractivity contribution is 6.51. The first-order valence-corrected chi connectivity index (χ1v) is 12.1. The maximum absolute atomic E-state index is 13.4. The Morgan fingerprint density at radius 3 is 2.17 bits per heavy atom. The molecule has 1 saturated heterocycles. The standard InChI is InChI=1S/C30H30ClNO4/c1-17-7-12-21(16-24(17)31)32-26(19-8-10-20(11-9-19)30(3,4)5)25(28(34)29(32)35)27(33)23-14-13-22(36-6)15-18(23)2/h7-16,26,33H,1-6H3/b27-25+. The molecule has 1 aliphatic heterocycles. The van der Waals surface area contributed by atoms with Crippen LogP contribution in [0.3, 0.4) is 0 Å². The van der Waals surface area contributed by atoms with Crippen molar-refractivity contribution in [2.24, 2.45) is 0 Å². The molecule has 0 radical (unpaired) electrons. The van der Waals surface area contributed by atoms with Crippen molar-refractivity contribution in [2.75, 3.05) is 12.0 Å². The normalized spacial score (nSPS) is 17.5. The fourth-order valence-electron chi connectivity index (χ4n) is 4.49. The molecule has 0 bridgehead atoms. The molecular formula is C30H30ClNO4. The van der Waals surface area contributed by atoms with E-state index in [-0.39, 0.29) is 16.7 Å². The third kappa shape index (κ3) is 4.51. The summed E-state index contributed by atoms with van der Waals surface area (Å²) in [6.45, 7) is 10.1. The van der Waals surface area contributed by atoms with Gasteiger partial charge in [0.2, 0.25) is 0 Å². The number of hydrogen-bond donors (Lipinski definition) is 1. The smallest absolute Gasteiger partial charge is 0.300 e. The van der Waals surface area contributed by atoms with E-state index < -0.39 is 17.7 Å². The van der Waals surface area contributed by atoms with E-state index >= 15 is 0 Å². The second kappa shape index (κ2) is 9.47. The molecular weight excluding hydrogens is 474 g/mol. The number of amides is 1. The van der Waals surface area contributed by atoms with Crippen LogP contribution in [0.5, 0.6) is 5.75 Å². The second-order valence-electron chi connectivity index (χ2n) is 10.2. The monoisotopic (exact) mass is 503 g/mol. The lowest BCUT2D eigenvalue weighted by Crippen LogP contribution is -2.29. The summed E-state index contributed by atoms with van der Waals surface area (Å²) in [7, 11) is 1.56. The summed E-state index contributed by atoms with van der Waals surface area (Å²) in [5, 5.41) is 11.9. The molecule has 186 valence electrons. The van der Waals surface area contributed by atoms with Crippen LogP contribution in [0.25, 0.3) is 5.76 Å². The maximum atomic E-state index is 13.4. The molecule has 1 unspecified atom stereocenters. The maximum Gasteiger partial charge on any atom is 0.300 e. The molecule has 1 heterocycles. The molecule has 1 atom stereocenters. The molecule has 0 aliphatic carbocycles. The number of methoxy groups -OCH3 is 1. The quantitative estimate of drug-likeness (QED) is 0.239. The van der Waals surface area contributed by atoms with Crippen LogP contribution in [-0.2, 0) is 15.0 Å². The number of rotatable bonds is 4. The zero-order valence-electron chi connectivity index (χ0n) is 21.3. The Morgan fingerprint density at radius 2 is 1.61 bits per heavy atom. The van der Waals surface area contributed by atoms with Gasteiger partial charge in [0.05, 0.1) is 18.7 Å². The van der Waals surface area contributed by atoms with E-state index in [1.165, 1.54) is 4.90 Å². The largest absolute Gasteiger partial charge is 0.507 e. The molecule has 1 fully saturated rings. The Labute approximate surface area is 217 Å². The second-order valence-corrected chi connectivity index (χ2v) is 10.6. The predicted octanol–water partition coefficient (Wildman–Crippen LogP) is 6.89. The summed E-state index contributed by atoms with van der Waals surface area (Å²) >= 11 is 6.39. The topological polar surface area (TPSA) is 66.8 Å². The van der Waals surface area contributed by atoms with Gasteiger partial charge in [0.15, 0.2) is 0 Å². The lowest BCUT2D eigenvalue weighted by molar-refractivity contribution is -0.132. The Bertz CT molecular complexity index is 1380. The minimum atomic E-state index is -0.820. The highest BCUT2D eigenvalue weighted by Crippen LogP contribution is 2.43. The van der Waals surface area contributed by atoms with Gasteiger partial charge in [-0.05, 0) is 71.8 Å². The molecule has 5 nitrogen and oxygen atoms in total. The first-order valence-electron chi connectivity index (χ1n) is 11.8. The molecule has 0 aromatic heterocycles. The van der Waals surface area contributed by atoms with Crippen molar-refractivity contribution >= 4 is 34.7 Å². The first-order chi connectivity index (χ1) is 16.9. The van der Waals surface area contributed by atoms with E-state index in [1.807, 2.05) is 44.2 Å². The number of carbonyl (C=O) groups is 2. The van der Waals surface area contributed by atoms with E-state index in [9.17, 15) is 14.7 Å². The van der Waals surface area contributed by atoms with Crippen molar-refractivity contribution in [3.8, 4) is 5.75 Å². The van der Waals surface area contributed by atoms with Crippen LogP contribution in [-0.4, -0.2) is 23.9 Å². The number of carbonyl (C=O) groups excluding carboxylic acids is 2. The summed E-state index contributed by atoms with van der Waals surface area (Å²) < 4.78 is 5.28. The molecule has 36 heavy (non-hydrogen) atoms. The van der Waals surface area contributed by atoms with Crippen molar-refractivity contribution in [3.05, 3.63) is 99.1 Å². The zero-order chi connectivity index (χ0) is 26.4. The van der Waals surface area contributed by atoms with Crippen molar-refractivity contribution in [2.45, 2.75) is 46.1 Å². The van der Waals surface area contributed by atoms with Crippen molar-refractivity contribution in [3.63, 3.8) is 0 Å². The van der Waals surface area contributed by atoms with E-state index in [4.69, 9.17) is 16.3 Å². The number of anilines is 1. The predicted molar refractivity (Wildman–Crippen MR) is 144 cm³/mol. The first kappa shape index (κ1) is 25.5. The van der Waals surface area contributed by atoms with Crippen molar-refractivity contribution in [1.82, 2.24) is 0 Å². The van der Waals surface area contributed by atoms with E-state index in [2.05, 4.69) is 20.8 Å². The lowest BCUT2D eigenvalue weighted by atomic mass is 9.85. The Kier molecular flexibility index (Phi) is 6.72. The van der Waals surface area contributed by atoms with Crippen LogP contribution in [0.15, 0.2) is 66.2 Å². The number of halogens is 1. The summed E-state index contributed by atoms with van der Waals surface area (Å²) in [6, 6.07) is 17.4. The number of hydrogen-bond acceptors (Lipinski definition) is 4. The van der Waals surface area contributed by atoms with Gasteiger partial charge >= 0.3 is 0 Å². The number of aliphatic hydroxyl groups excluding tert-OH is 1. The van der Waals surface area contributed by atoms with Crippen LogP contribution < -0.4 is 9.64 Å². The molecule has 0 spiro atoms. The minimum Gasteiger partial charge on any atom is -0.507 e. The fourth-order valence-corrected chi connectivity index (χ4v) is 4.66. The Hall–Kier alpha value is -3.57.